The molecule has 2 aromatic carbocycles. The number of hydrogen-bond acceptors (Lipinski definition) is 2. The number of rotatable bonds is 4. The van der Waals surface area contributed by atoms with Crippen LogP contribution < -0.4 is 5.73 Å². The Morgan fingerprint density at radius 1 is 1.11 bits per heavy atom. The molecule has 0 fully saturated rings. The molecule has 0 saturated heterocycles. The molecule has 0 bridgehead atoms. The lowest BCUT2D eigenvalue weighted by Crippen LogP contribution is -2.19. The highest BCUT2D eigenvalue weighted by Crippen LogP contribution is 2.24. The molecule has 0 atom stereocenters. The van der Waals surface area contributed by atoms with Crippen LogP contribution in [0.15, 0.2) is 46.9 Å². The Morgan fingerprint density at radius 2 is 1.84 bits per heavy atom. The van der Waals surface area contributed by atoms with Crippen LogP contribution in [0.25, 0.3) is 0 Å². The van der Waals surface area contributed by atoms with Crippen LogP contribution in [0.4, 0.5) is 10.1 Å². The first-order valence-corrected chi connectivity index (χ1v) is 6.82. The number of anilines is 1. The van der Waals surface area contributed by atoms with Gasteiger partial charge in [-0.15, -0.1) is 0 Å². The van der Waals surface area contributed by atoms with Crippen molar-refractivity contribution >= 4 is 21.6 Å². The second-order valence-corrected chi connectivity index (χ2v) is 5.43. The Bertz CT molecular complexity index is 552. The molecule has 0 spiro atoms. The molecule has 0 saturated carbocycles. The number of halogens is 2. The van der Waals surface area contributed by atoms with E-state index in [0.717, 1.165) is 15.7 Å². The van der Waals surface area contributed by atoms with Crippen molar-refractivity contribution in [1.82, 2.24) is 4.90 Å². The minimum atomic E-state index is -0.172. The fourth-order valence-electron chi connectivity index (χ4n) is 1.99. The van der Waals surface area contributed by atoms with Gasteiger partial charge in [0, 0.05) is 34.4 Å². The van der Waals surface area contributed by atoms with Gasteiger partial charge in [0.25, 0.3) is 0 Å². The lowest BCUT2D eigenvalue weighted by atomic mass is 10.1. The lowest BCUT2D eigenvalue weighted by Gasteiger charge is -2.19. The predicted octanol–water partition coefficient (Wildman–Crippen LogP) is 3.80. The van der Waals surface area contributed by atoms with E-state index < -0.39 is 0 Å². The van der Waals surface area contributed by atoms with Crippen molar-refractivity contribution in [2.75, 3.05) is 12.8 Å². The maximum Gasteiger partial charge on any atom is 0.127 e. The fourth-order valence-corrected chi connectivity index (χ4v) is 2.49. The number of benzene rings is 2. The summed E-state index contributed by atoms with van der Waals surface area (Å²) in [5.74, 6) is -0.172. The van der Waals surface area contributed by atoms with Gasteiger partial charge in [-0.25, -0.2) is 4.39 Å². The molecule has 2 nitrogen and oxygen atoms in total. The van der Waals surface area contributed by atoms with Crippen molar-refractivity contribution in [2.24, 2.45) is 0 Å². The first-order chi connectivity index (χ1) is 9.08. The molecule has 19 heavy (non-hydrogen) atoms. The van der Waals surface area contributed by atoms with Gasteiger partial charge in [-0.3, -0.25) is 4.90 Å². The summed E-state index contributed by atoms with van der Waals surface area (Å²) in [6.07, 6.45) is 0. The van der Waals surface area contributed by atoms with Crippen molar-refractivity contribution in [3.63, 3.8) is 0 Å². The van der Waals surface area contributed by atoms with E-state index in [4.69, 9.17) is 5.73 Å². The Hall–Kier alpha value is -1.39. The van der Waals surface area contributed by atoms with Gasteiger partial charge in [0.1, 0.15) is 5.82 Å². The van der Waals surface area contributed by atoms with Crippen LogP contribution >= 0.6 is 15.9 Å². The van der Waals surface area contributed by atoms with Gasteiger partial charge in [-0.05, 0) is 25.2 Å². The van der Waals surface area contributed by atoms with Gasteiger partial charge in [-0.1, -0.05) is 40.2 Å². The summed E-state index contributed by atoms with van der Waals surface area (Å²) >= 11 is 3.49. The van der Waals surface area contributed by atoms with Gasteiger partial charge in [0.05, 0.1) is 0 Å². The zero-order valence-electron chi connectivity index (χ0n) is 10.7. The van der Waals surface area contributed by atoms with Crippen molar-refractivity contribution in [2.45, 2.75) is 13.1 Å². The van der Waals surface area contributed by atoms with Crippen LogP contribution in [0.1, 0.15) is 11.1 Å². The second-order valence-electron chi connectivity index (χ2n) is 4.57. The van der Waals surface area contributed by atoms with Crippen LogP contribution in [0.5, 0.6) is 0 Å². The molecule has 0 aliphatic heterocycles. The summed E-state index contributed by atoms with van der Waals surface area (Å²) in [5, 5.41) is 0. The quantitative estimate of drug-likeness (QED) is 0.867. The third-order valence-electron chi connectivity index (χ3n) is 2.98. The average Bonchev–Trinajstić information content (AvgIpc) is 2.37. The van der Waals surface area contributed by atoms with Crippen molar-refractivity contribution in [3.8, 4) is 0 Å². The van der Waals surface area contributed by atoms with E-state index in [2.05, 4.69) is 15.9 Å². The summed E-state index contributed by atoms with van der Waals surface area (Å²) in [6.45, 7) is 1.22. The third-order valence-corrected chi connectivity index (χ3v) is 3.72. The van der Waals surface area contributed by atoms with E-state index in [1.807, 2.05) is 36.2 Å². The van der Waals surface area contributed by atoms with E-state index in [-0.39, 0.29) is 5.82 Å². The topological polar surface area (TPSA) is 29.3 Å². The number of nitrogens with two attached hydrogens (primary N) is 1. The fraction of sp³-hybridized carbons (Fsp3) is 0.200. The average molecular weight is 323 g/mol. The first-order valence-electron chi connectivity index (χ1n) is 6.02. The molecule has 0 unspecified atom stereocenters. The first kappa shape index (κ1) is 14.0. The molecule has 2 rings (SSSR count). The van der Waals surface area contributed by atoms with Crippen LogP contribution in [-0.4, -0.2) is 11.9 Å². The maximum absolute atomic E-state index is 13.6. The standard InChI is InChI=1S/C15H16BrFN2/c1-19(9-11-5-2-3-7-14(11)17)10-12-13(16)6-4-8-15(12)18/h2-8H,9-10,18H2,1H3. The van der Waals surface area contributed by atoms with Crippen molar-refractivity contribution in [1.29, 1.82) is 0 Å². The molecule has 0 radical (unpaired) electrons. The summed E-state index contributed by atoms with van der Waals surface area (Å²) in [7, 11) is 1.95. The third kappa shape index (κ3) is 3.55. The molecule has 0 aliphatic carbocycles. The van der Waals surface area contributed by atoms with Gasteiger partial charge < -0.3 is 5.73 Å². The predicted molar refractivity (Wildman–Crippen MR) is 80.1 cm³/mol. The maximum atomic E-state index is 13.6. The highest BCUT2D eigenvalue weighted by molar-refractivity contribution is 9.10. The minimum Gasteiger partial charge on any atom is -0.398 e. The van der Waals surface area contributed by atoms with Crippen LogP contribution in [0.2, 0.25) is 0 Å². The Morgan fingerprint density at radius 3 is 2.53 bits per heavy atom. The number of nitrogen functional groups attached to an aromatic ring is 1. The van der Waals surface area contributed by atoms with Crippen LogP contribution in [0.3, 0.4) is 0 Å². The van der Waals surface area contributed by atoms with Crippen LogP contribution in [0, 0.1) is 5.82 Å². The summed E-state index contributed by atoms with van der Waals surface area (Å²) in [5.41, 5.74) is 8.43. The molecule has 0 heterocycles. The van der Waals surface area contributed by atoms with E-state index >= 15 is 0 Å². The molecule has 2 N–H and O–H groups in total. The summed E-state index contributed by atoms with van der Waals surface area (Å²) in [4.78, 5) is 2.04. The van der Waals surface area contributed by atoms with Gasteiger partial charge >= 0.3 is 0 Å². The van der Waals surface area contributed by atoms with E-state index in [0.29, 0.717) is 18.7 Å². The van der Waals surface area contributed by atoms with Crippen molar-refractivity contribution in [3.05, 3.63) is 63.9 Å². The normalized spacial score (nSPS) is 10.9. The zero-order valence-corrected chi connectivity index (χ0v) is 12.3. The highest BCUT2D eigenvalue weighted by atomic mass is 79.9. The summed E-state index contributed by atoms with van der Waals surface area (Å²) < 4.78 is 14.6. The minimum absolute atomic E-state index is 0.172. The lowest BCUT2D eigenvalue weighted by molar-refractivity contribution is 0.313. The van der Waals surface area contributed by atoms with Gasteiger partial charge in [-0.2, -0.15) is 0 Å². The smallest absolute Gasteiger partial charge is 0.127 e. The molecule has 4 heteroatoms. The largest absolute Gasteiger partial charge is 0.398 e. The molecular weight excluding hydrogens is 307 g/mol. The van der Waals surface area contributed by atoms with Crippen molar-refractivity contribution < 1.29 is 4.39 Å². The monoisotopic (exact) mass is 322 g/mol. The van der Waals surface area contributed by atoms with E-state index in [1.54, 1.807) is 12.1 Å². The Balaban J connectivity index is 2.10. The number of hydrogen-bond donors (Lipinski definition) is 1. The van der Waals surface area contributed by atoms with Gasteiger partial charge in [0.2, 0.25) is 0 Å². The van der Waals surface area contributed by atoms with Crippen LogP contribution in [-0.2, 0) is 13.1 Å². The molecule has 2 aromatic rings. The zero-order chi connectivity index (χ0) is 13.8. The molecular formula is C15H16BrFN2. The van der Waals surface area contributed by atoms with E-state index in [1.165, 1.54) is 6.07 Å². The second kappa shape index (κ2) is 6.17. The van der Waals surface area contributed by atoms with E-state index in [9.17, 15) is 4.39 Å². The van der Waals surface area contributed by atoms with Gasteiger partial charge in [0.15, 0.2) is 0 Å². The Kier molecular flexibility index (Phi) is 4.56. The molecule has 100 valence electrons. The molecule has 0 amide bonds. The Labute approximate surface area is 121 Å². The highest BCUT2D eigenvalue weighted by Gasteiger charge is 2.09. The summed E-state index contributed by atoms with van der Waals surface area (Å²) in [6, 6.07) is 12.6. The SMILES string of the molecule is CN(Cc1ccccc1F)Cc1c(N)cccc1Br. The number of nitrogens with zero attached hydrogens (tertiary/aromatic N) is 1. The molecule has 0 aromatic heterocycles. The molecule has 0 aliphatic rings.